The van der Waals surface area contributed by atoms with Crippen LogP contribution < -0.4 is 5.32 Å². The van der Waals surface area contributed by atoms with Gasteiger partial charge in [-0.05, 0) is 42.3 Å². The zero-order valence-electron chi connectivity index (χ0n) is 20.1. The zero-order valence-corrected chi connectivity index (χ0v) is 20.1. The second-order valence-corrected chi connectivity index (χ2v) is 8.99. The quantitative estimate of drug-likeness (QED) is 0.403. The molecule has 1 aliphatic heterocycles. The van der Waals surface area contributed by atoms with E-state index in [0.717, 1.165) is 33.4 Å². The maximum absolute atomic E-state index is 12.5. The van der Waals surface area contributed by atoms with Gasteiger partial charge in [-0.3, -0.25) is 9.69 Å². The Morgan fingerprint density at radius 1 is 1.11 bits per heavy atom. The Hall–Kier alpha value is -4.06. The maximum Gasteiger partial charge on any atom is 0.397 e. The molecule has 1 amide bonds. The summed E-state index contributed by atoms with van der Waals surface area (Å²) in [5.74, 6) is 0.295. The number of nitrogens with zero attached hydrogens (tertiary/aromatic N) is 6. The van der Waals surface area contributed by atoms with E-state index in [1.54, 1.807) is 12.4 Å². The third-order valence-corrected chi connectivity index (χ3v) is 6.20. The number of aryl methyl sites for hydroxylation is 1. The number of pyridine rings is 1. The molecule has 0 bridgehead atoms. The minimum atomic E-state index is -4.48. The molecule has 37 heavy (non-hydrogen) atoms. The predicted molar refractivity (Wildman–Crippen MR) is 132 cm³/mol. The first-order valence-electron chi connectivity index (χ1n) is 11.8. The number of nitrogens with one attached hydrogen (secondary N) is 2. The SMILES string of the molecule is Cc1cncnc1-c1ccc2nc(Nc3cc(CN4CCN(C(=O)CC(F)(F)F)CC4)ccn3)[nH]c2c1. The molecular weight excluding hydrogens is 485 g/mol. The average molecular weight is 511 g/mol. The predicted octanol–water partition coefficient (Wildman–Crippen LogP) is 4.06. The van der Waals surface area contributed by atoms with Crippen molar-refractivity contribution >= 4 is 28.7 Å². The number of H-pyrrole nitrogens is 1. The van der Waals surface area contributed by atoms with Crippen LogP contribution in [0.5, 0.6) is 0 Å². The van der Waals surface area contributed by atoms with Crippen molar-refractivity contribution in [3.63, 3.8) is 0 Å². The van der Waals surface area contributed by atoms with E-state index in [1.165, 1.54) is 11.2 Å². The summed E-state index contributed by atoms with van der Waals surface area (Å²) in [4.78, 5) is 35.9. The topological polar surface area (TPSA) is 103 Å². The lowest BCUT2D eigenvalue weighted by Gasteiger charge is -2.35. The monoisotopic (exact) mass is 510 g/mol. The van der Waals surface area contributed by atoms with Crippen LogP contribution in [0, 0.1) is 6.92 Å². The van der Waals surface area contributed by atoms with Gasteiger partial charge in [0.15, 0.2) is 0 Å². The summed E-state index contributed by atoms with van der Waals surface area (Å²) < 4.78 is 37.5. The van der Waals surface area contributed by atoms with Crippen LogP contribution in [-0.2, 0) is 11.3 Å². The molecule has 192 valence electrons. The fourth-order valence-electron chi connectivity index (χ4n) is 4.38. The first kappa shape index (κ1) is 24.6. The standard InChI is InChI=1S/C25H25F3N8O/c1-16-13-29-15-31-23(16)18-2-3-19-20(11-18)33-24(32-19)34-21-10-17(4-5-30-21)14-35-6-8-36(9-7-35)22(37)12-25(26,27)28/h2-5,10-11,13,15H,6-9,12,14H2,1H3,(H2,30,32,33,34). The van der Waals surface area contributed by atoms with Gasteiger partial charge in [0, 0.05) is 50.7 Å². The summed E-state index contributed by atoms with van der Waals surface area (Å²) in [7, 11) is 0. The molecule has 5 rings (SSSR count). The van der Waals surface area contributed by atoms with Gasteiger partial charge in [0.2, 0.25) is 11.9 Å². The molecule has 2 N–H and O–H groups in total. The number of imidazole rings is 1. The van der Waals surface area contributed by atoms with Crippen LogP contribution in [0.2, 0.25) is 0 Å². The van der Waals surface area contributed by atoms with E-state index in [1.807, 2.05) is 37.3 Å². The second kappa shape index (κ2) is 10.1. The molecule has 0 saturated carbocycles. The van der Waals surface area contributed by atoms with Gasteiger partial charge < -0.3 is 15.2 Å². The number of aromatic amines is 1. The molecule has 0 radical (unpaired) electrons. The van der Waals surface area contributed by atoms with Gasteiger partial charge >= 0.3 is 6.18 Å². The third kappa shape index (κ3) is 6.02. The van der Waals surface area contributed by atoms with Gasteiger partial charge in [-0.1, -0.05) is 6.07 Å². The molecule has 1 aliphatic rings. The molecule has 4 heterocycles. The lowest BCUT2D eigenvalue weighted by atomic mass is 10.1. The highest BCUT2D eigenvalue weighted by molar-refractivity contribution is 5.83. The fourth-order valence-corrected chi connectivity index (χ4v) is 4.38. The van der Waals surface area contributed by atoms with E-state index in [2.05, 4.69) is 35.1 Å². The number of benzene rings is 1. The highest BCUT2D eigenvalue weighted by atomic mass is 19.4. The van der Waals surface area contributed by atoms with Gasteiger partial charge in [0.1, 0.15) is 18.6 Å². The number of fused-ring (bicyclic) bond motifs is 1. The molecule has 3 aromatic heterocycles. The Morgan fingerprint density at radius 3 is 2.68 bits per heavy atom. The summed E-state index contributed by atoms with van der Waals surface area (Å²) >= 11 is 0. The van der Waals surface area contributed by atoms with Crippen LogP contribution in [0.25, 0.3) is 22.3 Å². The minimum absolute atomic E-state index is 0.278. The van der Waals surface area contributed by atoms with Crippen molar-refractivity contribution in [2.45, 2.75) is 26.1 Å². The third-order valence-electron chi connectivity index (χ3n) is 6.20. The van der Waals surface area contributed by atoms with Crippen LogP contribution in [0.15, 0.2) is 49.1 Å². The molecule has 0 aliphatic carbocycles. The first-order chi connectivity index (χ1) is 17.7. The van der Waals surface area contributed by atoms with Crippen molar-refractivity contribution < 1.29 is 18.0 Å². The number of piperazine rings is 1. The van der Waals surface area contributed by atoms with Gasteiger partial charge in [0.25, 0.3) is 0 Å². The number of hydrogen-bond acceptors (Lipinski definition) is 7. The zero-order chi connectivity index (χ0) is 26.0. The van der Waals surface area contributed by atoms with E-state index < -0.39 is 18.5 Å². The largest absolute Gasteiger partial charge is 0.397 e. The maximum atomic E-state index is 12.5. The number of hydrogen-bond donors (Lipinski definition) is 2. The molecule has 0 atom stereocenters. The summed E-state index contributed by atoms with van der Waals surface area (Å²) in [5, 5.41) is 3.20. The number of rotatable bonds is 6. The Kier molecular flexibility index (Phi) is 6.74. The van der Waals surface area contributed by atoms with E-state index in [4.69, 9.17) is 0 Å². The van der Waals surface area contributed by atoms with Crippen molar-refractivity contribution in [2.75, 3.05) is 31.5 Å². The van der Waals surface area contributed by atoms with Crippen LogP contribution in [-0.4, -0.2) is 73.0 Å². The van der Waals surface area contributed by atoms with E-state index in [9.17, 15) is 18.0 Å². The molecule has 1 saturated heterocycles. The molecule has 12 heteroatoms. The Labute approximate surface area is 210 Å². The van der Waals surface area contributed by atoms with Crippen molar-refractivity contribution in [1.82, 2.24) is 34.7 Å². The highest BCUT2D eigenvalue weighted by Crippen LogP contribution is 2.26. The molecule has 1 fully saturated rings. The molecule has 1 aromatic carbocycles. The number of anilines is 2. The summed E-state index contributed by atoms with van der Waals surface area (Å²) in [6.07, 6.45) is -0.890. The molecule has 0 unspecified atom stereocenters. The average Bonchev–Trinajstić information content (AvgIpc) is 3.25. The number of carbonyl (C=O) groups is 1. The van der Waals surface area contributed by atoms with Crippen molar-refractivity contribution in [3.8, 4) is 11.3 Å². The smallest absolute Gasteiger partial charge is 0.340 e. The van der Waals surface area contributed by atoms with Crippen molar-refractivity contribution in [3.05, 3.63) is 60.2 Å². The fraction of sp³-hybridized carbons (Fsp3) is 0.320. The van der Waals surface area contributed by atoms with E-state index >= 15 is 0 Å². The van der Waals surface area contributed by atoms with Crippen molar-refractivity contribution in [2.24, 2.45) is 0 Å². The summed E-state index contributed by atoms with van der Waals surface area (Å²) in [6.45, 7) is 4.13. The Balaban J connectivity index is 1.22. The normalized spacial score (nSPS) is 14.8. The Bertz CT molecular complexity index is 1410. The number of amides is 1. The van der Waals surface area contributed by atoms with Gasteiger partial charge in [0.05, 0.1) is 16.7 Å². The number of halogens is 3. The lowest BCUT2D eigenvalue weighted by Crippen LogP contribution is -2.49. The van der Waals surface area contributed by atoms with Crippen LogP contribution in [0.4, 0.5) is 24.9 Å². The molecule has 4 aromatic rings. The van der Waals surface area contributed by atoms with Gasteiger partial charge in [-0.25, -0.2) is 19.9 Å². The number of alkyl halides is 3. The molecular formula is C25H25F3N8O. The summed E-state index contributed by atoms with van der Waals surface area (Å²) in [5.41, 5.74) is 5.45. The molecule has 9 nitrogen and oxygen atoms in total. The minimum Gasteiger partial charge on any atom is -0.340 e. The lowest BCUT2D eigenvalue weighted by molar-refractivity contribution is -0.162. The van der Waals surface area contributed by atoms with Gasteiger partial charge in [-0.15, -0.1) is 0 Å². The number of carbonyl (C=O) groups excluding carboxylic acids is 1. The van der Waals surface area contributed by atoms with Crippen molar-refractivity contribution in [1.29, 1.82) is 0 Å². The second-order valence-electron chi connectivity index (χ2n) is 8.99. The van der Waals surface area contributed by atoms with E-state index in [0.29, 0.717) is 31.4 Å². The van der Waals surface area contributed by atoms with Crippen LogP contribution >= 0.6 is 0 Å². The Morgan fingerprint density at radius 2 is 1.92 bits per heavy atom. The van der Waals surface area contributed by atoms with Gasteiger partial charge in [-0.2, -0.15) is 13.2 Å². The summed E-state index contributed by atoms with van der Waals surface area (Å²) in [6, 6.07) is 9.69. The van der Waals surface area contributed by atoms with Crippen LogP contribution in [0.3, 0.4) is 0 Å². The van der Waals surface area contributed by atoms with Crippen LogP contribution in [0.1, 0.15) is 17.5 Å². The first-order valence-corrected chi connectivity index (χ1v) is 11.8. The molecule has 0 spiro atoms. The highest BCUT2D eigenvalue weighted by Gasteiger charge is 2.34. The number of aromatic nitrogens is 5. The van der Waals surface area contributed by atoms with E-state index in [-0.39, 0.29) is 13.1 Å².